The molecule has 1 saturated heterocycles. The van der Waals surface area contributed by atoms with Crippen LogP contribution in [-0.2, 0) is 6.54 Å². The molecule has 0 spiro atoms. The SMILES string of the molecule is CN=C(NCCC(F)(F)F)N1CCN(Cc2ccc(OC)c(OC)c2OC)CC1. The lowest BCUT2D eigenvalue weighted by molar-refractivity contribution is -0.132. The molecule has 1 aromatic rings. The molecule has 0 aliphatic carbocycles. The third-order valence-electron chi connectivity index (χ3n) is 4.75. The van der Waals surface area contributed by atoms with Gasteiger partial charge in [-0.3, -0.25) is 9.89 Å². The van der Waals surface area contributed by atoms with Crippen LogP contribution in [0, 0.1) is 0 Å². The Balaban J connectivity index is 1.94. The molecule has 0 aromatic heterocycles. The summed E-state index contributed by atoms with van der Waals surface area (Å²) in [5.74, 6) is 2.29. The smallest absolute Gasteiger partial charge is 0.390 e. The maximum atomic E-state index is 12.3. The molecule has 0 amide bonds. The summed E-state index contributed by atoms with van der Waals surface area (Å²) in [6.45, 7) is 3.31. The van der Waals surface area contributed by atoms with Crippen molar-refractivity contribution in [1.29, 1.82) is 0 Å². The van der Waals surface area contributed by atoms with Gasteiger partial charge in [0.15, 0.2) is 17.5 Å². The van der Waals surface area contributed by atoms with Gasteiger partial charge in [-0.1, -0.05) is 6.07 Å². The molecule has 2 rings (SSSR count). The van der Waals surface area contributed by atoms with Crippen molar-refractivity contribution < 1.29 is 27.4 Å². The van der Waals surface area contributed by atoms with E-state index in [9.17, 15) is 13.2 Å². The summed E-state index contributed by atoms with van der Waals surface area (Å²) in [5, 5.41) is 2.79. The summed E-state index contributed by atoms with van der Waals surface area (Å²) < 4.78 is 53.3. The number of halogens is 3. The number of alkyl halides is 3. The molecule has 29 heavy (non-hydrogen) atoms. The van der Waals surface area contributed by atoms with E-state index in [1.54, 1.807) is 28.4 Å². The zero-order valence-electron chi connectivity index (χ0n) is 17.3. The molecular weight excluding hydrogens is 389 g/mol. The van der Waals surface area contributed by atoms with E-state index < -0.39 is 12.6 Å². The van der Waals surface area contributed by atoms with E-state index >= 15 is 0 Å². The molecule has 0 radical (unpaired) electrons. The van der Waals surface area contributed by atoms with E-state index in [2.05, 4.69) is 15.2 Å². The number of aliphatic imine (C=N–C) groups is 1. The van der Waals surface area contributed by atoms with Crippen LogP contribution >= 0.6 is 0 Å². The first-order valence-corrected chi connectivity index (χ1v) is 9.35. The highest BCUT2D eigenvalue weighted by atomic mass is 19.4. The summed E-state index contributed by atoms with van der Waals surface area (Å²) in [6, 6.07) is 3.80. The Labute approximate surface area is 169 Å². The number of hydrogen-bond acceptors (Lipinski definition) is 5. The van der Waals surface area contributed by atoms with Gasteiger partial charge in [0.2, 0.25) is 5.75 Å². The van der Waals surface area contributed by atoms with Crippen LogP contribution in [0.3, 0.4) is 0 Å². The van der Waals surface area contributed by atoms with Crippen LogP contribution in [0.2, 0.25) is 0 Å². The van der Waals surface area contributed by atoms with E-state index in [-0.39, 0.29) is 6.54 Å². The lowest BCUT2D eigenvalue weighted by Crippen LogP contribution is -2.52. The van der Waals surface area contributed by atoms with E-state index in [0.717, 1.165) is 18.7 Å². The standard InChI is InChI=1S/C19H29F3N4O3/c1-23-18(24-8-7-19(20,21)22)26-11-9-25(10-12-26)13-14-5-6-15(27-2)17(29-4)16(14)28-3/h5-6H,7-13H2,1-4H3,(H,23,24). The predicted molar refractivity (Wildman–Crippen MR) is 105 cm³/mol. The van der Waals surface area contributed by atoms with E-state index in [1.165, 1.54) is 0 Å². The van der Waals surface area contributed by atoms with Crippen molar-refractivity contribution in [3.63, 3.8) is 0 Å². The summed E-state index contributed by atoms with van der Waals surface area (Å²) in [6.07, 6.45) is -5.06. The zero-order valence-corrected chi connectivity index (χ0v) is 17.3. The molecule has 10 heteroatoms. The van der Waals surface area contributed by atoms with Gasteiger partial charge in [0.1, 0.15) is 0 Å². The summed E-state index contributed by atoms with van der Waals surface area (Å²) in [5.41, 5.74) is 0.978. The van der Waals surface area contributed by atoms with Crippen molar-refractivity contribution in [2.45, 2.75) is 19.1 Å². The molecule has 1 N–H and O–H groups in total. The molecule has 0 saturated carbocycles. The Morgan fingerprint density at radius 1 is 1.03 bits per heavy atom. The lowest BCUT2D eigenvalue weighted by Gasteiger charge is -2.36. The Hall–Kier alpha value is -2.36. The molecule has 0 bridgehead atoms. The second-order valence-electron chi connectivity index (χ2n) is 6.60. The van der Waals surface area contributed by atoms with Gasteiger partial charge in [-0.05, 0) is 6.07 Å². The average molecular weight is 418 g/mol. The number of nitrogens with zero attached hydrogens (tertiary/aromatic N) is 3. The maximum absolute atomic E-state index is 12.3. The number of hydrogen-bond donors (Lipinski definition) is 1. The van der Waals surface area contributed by atoms with Gasteiger partial charge in [0.05, 0.1) is 27.8 Å². The minimum atomic E-state index is -4.18. The number of benzene rings is 1. The van der Waals surface area contributed by atoms with E-state index in [1.807, 2.05) is 17.0 Å². The fraction of sp³-hybridized carbons (Fsp3) is 0.632. The molecule has 1 aliphatic rings. The predicted octanol–water partition coefficient (Wildman–Crippen LogP) is 2.36. The van der Waals surface area contributed by atoms with Gasteiger partial charge in [-0.25, -0.2) is 0 Å². The van der Waals surface area contributed by atoms with Crippen molar-refractivity contribution in [3.8, 4) is 17.2 Å². The van der Waals surface area contributed by atoms with Gasteiger partial charge in [-0.2, -0.15) is 13.2 Å². The van der Waals surface area contributed by atoms with Gasteiger partial charge < -0.3 is 24.4 Å². The van der Waals surface area contributed by atoms with Crippen LogP contribution in [0.4, 0.5) is 13.2 Å². The monoisotopic (exact) mass is 418 g/mol. The van der Waals surface area contributed by atoms with Gasteiger partial charge in [0, 0.05) is 51.9 Å². The molecule has 1 fully saturated rings. The molecule has 1 heterocycles. The minimum absolute atomic E-state index is 0.181. The Bertz CT molecular complexity index is 690. The minimum Gasteiger partial charge on any atom is -0.493 e. The highest BCUT2D eigenvalue weighted by molar-refractivity contribution is 5.80. The topological polar surface area (TPSA) is 58.6 Å². The molecule has 0 unspecified atom stereocenters. The highest BCUT2D eigenvalue weighted by Crippen LogP contribution is 2.40. The molecule has 7 nitrogen and oxygen atoms in total. The number of piperazine rings is 1. The number of guanidine groups is 1. The quantitative estimate of drug-likeness (QED) is 0.542. The Morgan fingerprint density at radius 2 is 1.69 bits per heavy atom. The van der Waals surface area contributed by atoms with Crippen LogP contribution in [0.15, 0.2) is 17.1 Å². The molecular formula is C19H29F3N4O3. The number of rotatable bonds is 7. The third-order valence-corrected chi connectivity index (χ3v) is 4.75. The van der Waals surface area contributed by atoms with E-state index in [0.29, 0.717) is 42.8 Å². The lowest BCUT2D eigenvalue weighted by atomic mass is 10.1. The van der Waals surface area contributed by atoms with E-state index in [4.69, 9.17) is 14.2 Å². The highest BCUT2D eigenvalue weighted by Gasteiger charge is 2.27. The summed E-state index contributed by atoms with van der Waals surface area (Å²) >= 11 is 0. The number of nitrogens with one attached hydrogen (secondary N) is 1. The zero-order chi connectivity index (χ0) is 21.4. The Morgan fingerprint density at radius 3 is 2.21 bits per heavy atom. The first kappa shape index (κ1) is 22.9. The van der Waals surface area contributed by atoms with Crippen molar-refractivity contribution in [1.82, 2.24) is 15.1 Å². The molecule has 1 aromatic carbocycles. The van der Waals surface area contributed by atoms with Crippen molar-refractivity contribution >= 4 is 5.96 Å². The number of ether oxygens (including phenoxy) is 3. The maximum Gasteiger partial charge on any atom is 0.390 e. The number of methoxy groups -OCH3 is 3. The average Bonchev–Trinajstić information content (AvgIpc) is 2.70. The summed E-state index contributed by atoms with van der Waals surface area (Å²) in [4.78, 5) is 8.33. The van der Waals surface area contributed by atoms with Crippen LogP contribution < -0.4 is 19.5 Å². The van der Waals surface area contributed by atoms with Crippen LogP contribution in [0.25, 0.3) is 0 Å². The second-order valence-corrected chi connectivity index (χ2v) is 6.60. The van der Waals surface area contributed by atoms with Crippen molar-refractivity contribution in [2.75, 3.05) is 61.1 Å². The largest absolute Gasteiger partial charge is 0.493 e. The van der Waals surface area contributed by atoms with Crippen LogP contribution in [0.5, 0.6) is 17.2 Å². The van der Waals surface area contributed by atoms with Crippen molar-refractivity contribution in [3.05, 3.63) is 17.7 Å². The van der Waals surface area contributed by atoms with Crippen LogP contribution in [-0.4, -0.2) is 83.0 Å². The summed E-state index contributed by atoms with van der Waals surface area (Å²) in [7, 11) is 6.32. The third kappa shape index (κ3) is 6.31. The fourth-order valence-electron chi connectivity index (χ4n) is 3.29. The van der Waals surface area contributed by atoms with Gasteiger partial charge >= 0.3 is 6.18 Å². The van der Waals surface area contributed by atoms with Gasteiger partial charge in [0.25, 0.3) is 0 Å². The Kier molecular flexibility index (Phi) is 8.24. The molecule has 164 valence electrons. The molecule has 1 aliphatic heterocycles. The second kappa shape index (κ2) is 10.4. The normalized spacial score (nSPS) is 16.0. The first-order valence-electron chi connectivity index (χ1n) is 9.35. The fourth-order valence-corrected chi connectivity index (χ4v) is 3.29. The van der Waals surface area contributed by atoms with Gasteiger partial charge in [-0.15, -0.1) is 0 Å². The molecule has 0 atom stereocenters. The first-order chi connectivity index (χ1) is 13.8. The van der Waals surface area contributed by atoms with Crippen molar-refractivity contribution in [2.24, 2.45) is 4.99 Å². The van der Waals surface area contributed by atoms with Crippen LogP contribution in [0.1, 0.15) is 12.0 Å².